The van der Waals surface area contributed by atoms with Gasteiger partial charge in [-0.3, -0.25) is 14.4 Å². The van der Waals surface area contributed by atoms with Crippen molar-refractivity contribution < 1.29 is 34.1 Å². The molecule has 4 N–H and O–H groups in total. The van der Waals surface area contributed by atoms with Gasteiger partial charge in [-0.2, -0.15) is 0 Å². The fourth-order valence-electron chi connectivity index (χ4n) is 5.71. The van der Waals surface area contributed by atoms with Gasteiger partial charge in [-0.1, -0.05) is 122 Å². The van der Waals surface area contributed by atoms with Gasteiger partial charge >= 0.3 is 11.9 Å². The molecular weight excluding hydrogens is 608 g/mol. The summed E-state index contributed by atoms with van der Waals surface area (Å²) < 4.78 is 5.86. The van der Waals surface area contributed by atoms with Gasteiger partial charge in [0, 0.05) is 12.8 Å². The molecule has 2 amide bonds. The van der Waals surface area contributed by atoms with Gasteiger partial charge in [0.05, 0.1) is 13.2 Å². The van der Waals surface area contributed by atoms with E-state index in [9.17, 15) is 19.2 Å². The van der Waals surface area contributed by atoms with Gasteiger partial charge in [0.1, 0.15) is 12.1 Å². The highest BCUT2D eigenvalue weighted by Crippen LogP contribution is 2.17. The number of allylic oxidation sites excluding steroid dienone is 2. The van der Waals surface area contributed by atoms with Crippen LogP contribution in [0.4, 0.5) is 0 Å². The van der Waals surface area contributed by atoms with E-state index in [1.54, 1.807) is 0 Å². The molecule has 0 rings (SSSR count). The molecule has 0 heterocycles. The summed E-state index contributed by atoms with van der Waals surface area (Å²) in [6.07, 6.45) is 34.3. The van der Waals surface area contributed by atoms with E-state index in [4.69, 9.17) is 14.9 Å². The first-order valence-corrected chi connectivity index (χ1v) is 19.6. The Labute approximate surface area is 292 Å². The second-order valence-corrected chi connectivity index (χ2v) is 13.4. The van der Waals surface area contributed by atoms with Crippen LogP contribution in [0.5, 0.6) is 0 Å². The number of aliphatic hydroxyl groups excluding tert-OH is 1. The summed E-state index contributed by atoms with van der Waals surface area (Å²) in [5, 5.41) is 22.4. The van der Waals surface area contributed by atoms with Crippen molar-refractivity contribution in [1.82, 2.24) is 10.6 Å². The Morgan fingerprint density at radius 3 is 1.60 bits per heavy atom. The number of carboxylic acid groups (broad SMARTS) is 1. The molecule has 9 heteroatoms. The summed E-state index contributed by atoms with van der Waals surface area (Å²) in [6, 6.07) is -1.39. The van der Waals surface area contributed by atoms with Crippen molar-refractivity contribution in [2.75, 3.05) is 13.2 Å². The monoisotopic (exact) mass is 681 g/mol. The topological polar surface area (TPSA) is 142 Å². The van der Waals surface area contributed by atoms with Gasteiger partial charge in [0.25, 0.3) is 0 Å². The van der Waals surface area contributed by atoms with Crippen LogP contribution in [0.25, 0.3) is 0 Å². The number of aliphatic carboxylic acids is 1. The van der Waals surface area contributed by atoms with Gasteiger partial charge in [0.15, 0.2) is 0 Å². The van der Waals surface area contributed by atoms with E-state index < -0.39 is 24.5 Å². The quantitative estimate of drug-likeness (QED) is 0.0298. The molecule has 48 heavy (non-hydrogen) atoms. The smallest absolute Gasteiger partial charge is 0.328 e. The maximum Gasteiger partial charge on any atom is 0.328 e. The standard InChI is InChI=1S/C39H72N2O7/c1-3-5-7-8-9-10-11-12-13-14-15-16-17-18-19-20-21-22-27-31-38(45)48-34(28-24-6-4-2)29-25-23-26-30-36(43)40-32-37(44)41-35(33-42)39(46)47/h12-13,34-35,42H,3-11,14-33H2,1-2H3,(H,40,43)(H,41,44)(H,46,47)/b13-12-. The molecule has 9 nitrogen and oxygen atoms in total. The average Bonchev–Trinajstić information content (AvgIpc) is 3.06. The number of nitrogens with one attached hydrogen (secondary N) is 2. The lowest BCUT2D eigenvalue weighted by atomic mass is 10.0. The van der Waals surface area contributed by atoms with Crippen LogP contribution >= 0.6 is 0 Å². The molecule has 280 valence electrons. The van der Waals surface area contributed by atoms with Gasteiger partial charge in [-0.25, -0.2) is 4.79 Å². The zero-order valence-electron chi connectivity index (χ0n) is 30.8. The fraction of sp³-hybridized carbons (Fsp3) is 0.846. The van der Waals surface area contributed by atoms with Gasteiger partial charge in [-0.15, -0.1) is 0 Å². The highest BCUT2D eigenvalue weighted by molar-refractivity contribution is 5.87. The molecule has 0 aliphatic rings. The van der Waals surface area contributed by atoms with Crippen molar-refractivity contribution in [3.8, 4) is 0 Å². The Balaban J connectivity index is 3.89. The van der Waals surface area contributed by atoms with E-state index in [2.05, 4.69) is 36.6 Å². The average molecular weight is 681 g/mol. The molecule has 0 bridgehead atoms. The van der Waals surface area contributed by atoms with Crippen molar-refractivity contribution in [3.63, 3.8) is 0 Å². The minimum atomic E-state index is -1.39. The maximum atomic E-state index is 12.5. The number of ether oxygens (including phenoxy) is 1. The predicted molar refractivity (Wildman–Crippen MR) is 195 cm³/mol. The van der Waals surface area contributed by atoms with Crippen molar-refractivity contribution in [2.24, 2.45) is 0 Å². The third kappa shape index (κ3) is 30.9. The number of aliphatic hydroxyl groups is 1. The number of esters is 1. The molecule has 0 fully saturated rings. The summed E-state index contributed by atoms with van der Waals surface area (Å²) in [6.45, 7) is 3.37. The normalized spacial score (nSPS) is 12.6. The third-order valence-corrected chi connectivity index (χ3v) is 8.76. The molecule has 0 aromatic rings. The number of carbonyl (C=O) groups is 4. The highest BCUT2D eigenvalue weighted by Gasteiger charge is 2.19. The zero-order valence-corrected chi connectivity index (χ0v) is 30.8. The zero-order chi connectivity index (χ0) is 35.5. The summed E-state index contributed by atoms with van der Waals surface area (Å²) in [4.78, 5) is 47.2. The van der Waals surface area contributed by atoms with Crippen LogP contribution in [0.1, 0.15) is 187 Å². The molecule has 0 saturated carbocycles. The van der Waals surface area contributed by atoms with Crippen molar-refractivity contribution in [3.05, 3.63) is 12.2 Å². The van der Waals surface area contributed by atoms with E-state index in [0.29, 0.717) is 12.8 Å². The Hall–Kier alpha value is -2.42. The van der Waals surface area contributed by atoms with Crippen LogP contribution in [-0.4, -0.2) is 59.3 Å². The lowest BCUT2D eigenvalue weighted by Gasteiger charge is -2.18. The van der Waals surface area contributed by atoms with Crippen molar-refractivity contribution >= 4 is 23.8 Å². The molecule has 0 aromatic carbocycles. The first kappa shape index (κ1) is 45.6. The summed E-state index contributed by atoms with van der Waals surface area (Å²) in [5.74, 6) is -2.39. The Morgan fingerprint density at radius 1 is 0.604 bits per heavy atom. The Bertz CT molecular complexity index is 833. The Morgan fingerprint density at radius 2 is 1.06 bits per heavy atom. The van der Waals surface area contributed by atoms with Crippen LogP contribution in [-0.2, 0) is 23.9 Å². The molecule has 0 spiro atoms. The molecular formula is C39H72N2O7. The number of unbranched alkanes of at least 4 members (excludes halogenated alkanes) is 19. The van der Waals surface area contributed by atoms with Crippen molar-refractivity contribution in [1.29, 1.82) is 0 Å². The number of amides is 2. The Kier molecular flexibility index (Phi) is 32.7. The van der Waals surface area contributed by atoms with Gasteiger partial charge < -0.3 is 25.6 Å². The summed E-state index contributed by atoms with van der Waals surface area (Å²) in [7, 11) is 0. The van der Waals surface area contributed by atoms with Gasteiger partial charge in [-0.05, 0) is 64.2 Å². The lowest BCUT2D eigenvalue weighted by Crippen LogP contribution is -2.47. The van der Waals surface area contributed by atoms with Crippen LogP contribution in [0.15, 0.2) is 12.2 Å². The summed E-state index contributed by atoms with van der Waals surface area (Å²) >= 11 is 0. The second-order valence-electron chi connectivity index (χ2n) is 13.4. The van der Waals surface area contributed by atoms with E-state index >= 15 is 0 Å². The SMILES string of the molecule is CCCCCCCC/C=C\CCCCCCCCCCCC(=O)OC(CCCCC)CCCCCC(=O)NCC(=O)NC(CO)C(=O)O. The first-order chi connectivity index (χ1) is 23.3. The third-order valence-electron chi connectivity index (χ3n) is 8.76. The molecule has 0 aliphatic carbocycles. The molecule has 2 unspecified atom stereocenters. The largest absolute Gasteiger partial charge is 0.480 e. The van der Waals surface area contributed by atoms with Crippen LogP contribution < -0.4 is 10.6 Å². The molecule has 0 radical (unpaired) electrons. The van der Waals surface area contributed by atoms with Crippen molar-refractivity contribution in [2.45, 2.75) is 199 Å². The second kappa shape index (κ2) is 34.4. The van der Waals surface area contributed by atoms with Crippen LogP contribution in [0.2, 0.25) is 0 Å². The number of hydrogen-bond donors (Lipinski definition) is 4. The minimum Gasteiger partial charge on any atom is -0.480 e. The predicted octanol–water partition coefficient (Wildman–Crippen LogP) is 8.70. The number of carbonyl (C=O) groups excluding carboxylic acids is 3. The molecule has 0 aromatic heterocycles. The number of rotatable bonds is 35. The van der Waals surface area contributed by atoms with Crippen LogP contribution in [0.3, 0.4) is 0 Å². The van der Waals surface area contributed by atoms with E-state index in [1.807, 2.05) is 0 Å². The molecule has 0 aliphatic heterocycles. The van der Waals surface area contributed by atoms with Gasteiger partial charge in [0.2, 0.25) is 11.8 Å². The number of hydrogen-bond acceptors (Lipinski definition) is 6. The van der Waals surface area contributed by atoms with E-state index in [0.717, 1.165) is 57.8 Å². The van der Waals surface area contributed by atoms with Crippen LogP contribution in [0, 0.1) is 0 Å². The maximum absolute atomic E-state index is 12.5. The number of carboxylic acids is 1. The van der Waals surface area contributed by atoms with E-state index in [-0.39, 0.29) is 30.9 Å². The lowest BCUT2D eigenvalue weighted by molar-refractivity contribution is -0.150. The van der Waals surface area contributed by atoms with E-state index in [1.165, 1.54) is 96.3 Å². The molecule has 0 saturated heterocycles. The summed E-state index contributed by atoms with van der Waals surface area (Å²) in [5.41, 5.74) is 0. The fourth-order valence-corrected chi connectivity index (χ4v) is 5.71. The highest BCUT2D eigenvalue weighted by atomic mass is 16.5. The minimum absolute atomic E-state index is 0.0777. The first-order valence-electron chi connectivity index (χ1n) is 19.6. The molecule has 2 atom stereocenters.